The maximum Gasteiger partial charge on any atom is 0.0341 e. The number of hydrogen-bond acceptors (Lipinski definition) is 1. The van der Waals surface area contributed by atoms with Gasteiger partial charge in [0.05, 0.1) is 0 Å². The lowest BCUT2D eigenvalue weighted by Crippen LogP contribution is -2.33. The van der Waals surface area contributed by atoms with E-state index < -0.39 is 0 Å². The first-order valence-corrected chi connectivity index (χ1v) is 13.0. The van der Waals surface area contributed by atoms with E-state index in [0.29, 0.717) is 5.41 Å². The third-order valence-corrected chi connectivity index (χ3v) is 7.45. The van der Waals surface area contributed by atoms with Crippen LogP contribution < -0.4 is 5.32 Å². The maximum atomic E-state index is 4.30. The van der Waals surface area contributed by atoms with Crippen LogP contribution in [-0.4, -0.2) is 6.54 Å². The van der Waals surface area contributed by atoms with Gasteiger partial charge in [-0.3, -0.25) is 0 Å². The van der Waals surface area contributed by atoms with Crippen molar-refractivity contribution in [3.05, 3.63) is 118 Å². The summed E-state index contributed by atoms with van der Waals surface area (Å²) >= 11 is 0. The fraction of sp³-hybridized carbons (Fsp3) is 0.333. The minimum Gasteiger partial charge on any atom is -0.385 e. The third-order valence-electron chi connectivity index (χ3n) is 7.45. The summed E-state index contributed by atoms with van der Waals surface area (Å²) in [6.07, 6.45) is 9.41. The van der Waals surface area contributed by atoms with Gasteiger partial charge in [0.1, 0.15) is 0 Å². The van der Waals surface area contributed by atoms with E-state index in [1.807, 2.05) is 13.8 Å². The van der Waals surface area contributed by atoms with Gasteiger partial charge in [0, 0.05) is 12.2 Å². The minimum absolute atomic E-state index is 0.431. The molecule has 1 nitrogen and oxygen atoms in total. The van der Waals surface area contributed by atoms with Crippen molar-refractivity contribution in [2.75, 3.05) is 6.54 Å². The maximum absolute atomic E-state index is 4.30. The Kier molecular flexibility index (Phi) is 7.73. The highest BCUT2D eigenvalue weighted by Gasteiger charge is 2.39. The smallest absolute Gasteiger partial charge is 0.0341 e. The average molecular weight is 450 g/mol. The minimum atomic E-state index is 0.431. The van der Waals surface area contributed by atoms with Crippen LogP contribution in [-0.2, 0) is 25.7 Å². The zero-order chi connectivity index (χ0) is 24.0. The molecule has 0 aliphatic heterocycles. The summed E-state index contributed by atoms with van der Waals surface area (Å²) in [6, 6.07) is 26.7. The number of allylic oxidation sites excluding steroid dienone is 1. The predicted molar refractivity (Wildman–Crippen MR) is 148 cm³/mol. The standard InChI is InChI=1S/C31H33N.C2H6/c1-23(27-14-15-28-22-31(2)18-16-30(31)21-29(28)20-27)32-19-17-26-12-10-25(11-13-26)9-8-24-6-4-3-5-7-24;1-2/h3-7,10-15,20-21,32H,1,8-9,16-19,22H2,2H3;1-2H3. The van der Waals surface area contributed by atoms with Crippen LogP contribution in [0.1, 0.15) is 67.0 Å². The molecule has 3 aromatic rings. The van der Waals surface area contributed by atoms with Crippen LogP contribution in [0.2, 0.25) is 0 Å². The molecule has 176 valence electrons. The molecule has 0 amide bonds. The molecule has 34 heavy (non-hydrogen) atoms. The van der Waals surface area contributed by atoms with Crippen molar-refractivity contribution in [3.8, 4) is 0 Å². The van der Waals surface area contributed by atoms with E-state index in [9.17, 15) is 0 Å². The molecule has 5 rings (SSSR count). The predicted octanol–water partition coefficient (Wildman–Crippen LogP) is 8.04. The molecule has 1 heteroatoms. The molecule has 0 heterocycles. The highest BCUT2D eigenvalue weighted by atomic mass is 14.9. The van der Waals surface area contributed by atoms with E-state index in [0.717, 1.165) is 31.5 Å². The summed E-state index contributed by atoms with van der Waals surface area (Å²) in [6.45, 7) is 11.6. The summed E-state index contributed by atoms with van der Waals surface area (Å²) in [7, 11) is 0. The van der Waals surface area contributed by atoms with Crippen LogP contribution in [0.25, 0.3) is 11.8 Å². The summed E-state index contributed by atoms with van der Waals surface area (Å²) in [5, 5.41) is 3.54. The summed E-state index contributed by atoms with van der Waals surface area (Å²) in [5.41, 5.74) is 11.3. The first kappa shape index (κ1) is 24.1. The van der Waals surface area contributed by atoms with Crippen LogP contribution in [0.3, 0.4) is 0 Å². The van der Waals surface area contributed by atoms with Crippen LogP contribution >= 0.6 is 0 Å². The molecule has 0 saturated heterocycles. The molecule has 0 spiro atoms. The van der Waals surface area contributed by atoms with Crippen molar-refractivity contribution in [1.82, 2.24) is 5.32 Å². The number of benzene rings is 3. The van der Waals surface area contributed by atoms with Crippen LogP contribution in [0.5, 0.6) is 0 Å². The molecule has 1 saturated carbocycles. The number of rotatable bonds is 8. The largest absolute Gasteiger partial charge is 0.385 e. The lowest BCUT2D eigenvalue weighted by molar-refractivity contribution is 0.268. The molecule has 3 aromatic carbocycles. The van der Waals surface area contributed by atoms with E-state index in [2.05, 4.69) is 97.7 Å². The number of fused-ring (bicyclic) bond motifs is 2. The zero-order valence-electron chi connectivity index (χ0n) is 21.2. The average Bonchev–Trinajstić information content (AvgIpc) is 2.88. The molecule has 1 unspecified atom stereocenters. The Morgan fingerprint density at radius 2 is 1.50 bits per heavy atom. The van der Waals surface area contributed by atoms with Crippen LogP contribution in [0.4, 0.5) is 0 Å². The molecule has 0 radical (unpaired) electrons. The third kappa shape index (κ3) is 5.53. The molecule has 0 aromatic heterocycles. The second-order valence-corrected chi connectivity index (χ2v) is 9.78. The molecule has 1 fully saturated rings. The second kappa shape index (κ2) is 10.9. The van der Waals surface area contributed by atoms with Crippen LogP contribution in [0.15, 0.2) is 84.9 Å². The van der Waals surface area contributed by atoms with Gasteiger partial charge in [-0.1, -0.05) is 106 Å². The fourth-order valence-corrected chi connectivity index (χ4v) is 5.10. The zero-order valence-corrected chi connectivity index (χ0v) is 21.2. The van der Waals surface area contributed by atoms with Crippen molar-refractivity contribution >= 4 is 11.8 Å². The number of aryl methyl sites for hydroxylation is 2. The Labute approximate surface area is 206 Å². The van der Waals surface area contributed by atoms with E-state index in [4.69, 9.17) is 0 Å². The highest BCUT2D eigenvalue weighted by Crippen LogP contribution is 2.52. The SMILES string of the molecule is C=C(NCCc1ccc(CCc2ccccc2)cc1)c1ccc2c(c1)C=C1CCC1(C)C2.CC. The number of hydrogen-bond donors (Lipinski definition) is 1. The van der Waals surface area contributed by atoms with E-state index >= 15 is 0 Å². The van der Waals surface area contributed by atoms with Gasteiger partial charge in [-0.25, -0.2) is 0 Å². The van der Waals surface area contributed by atoms with Gasteiger partial charge in [-0.15, -0.1) is 0 Å². The molecule has 0 bridgehead atoms. The summed E-state index contributed by atoms with van der Waals surface area (Å²) in [5.74, 6) is 0. The van der Waals surface area contributed by atoms with Gasteiger partial charge < -0.3 is 5.32 Å². The fourth-order valence-electron chi connectivity index (χ4n) is 5.10. The Hall–Kier alpha value is -3.06. The Morgan fingerprint density at radius 3 is 2.15 bits per heavy atom. The summed E-state index contributed by atoms with van der Waals surface area (Å²) in [4.78, 5) is 0. The lowest BCUT2D eigenvalue weighted by atomic mass is 9.59. The molecular weight excluding hydrogens is 410 g/mol. The van der Waals surface area contributed by atoms with Gasteiger partial charge in [0.15, 0.2) is 0 Å². The molecule has 1 N–H and O–H groups in total. The second-order valence-electron chi connectivity index (χ2n) is 9.78. The van der Waals surface area contributed by atoms with Gasteiger partial charge in [0.25, 0.3) is 0 Å². The molecular formula is C33H39N. The van der Waals surface area contributed by atoms with Crippen molar-refractivity contribution in [3.63, 3.8) is 0 Å². The molecule has 1 atom stereocenters. The van der Waals surface area contributed by atoms with Crippen molar-refractivity contribution in [1.29, 1.82) is 0 Å². The highest BCUT2D eigenvalue weighted by molar-refractivity contribution is 5.70. The Bertz CT molecular complexity index is 1140. The first-order valence-electron chi connectivity index (χ1n) is 13.0. The lowest BCUT2D eigenvalue weighted by Gasteiger charge is -2.45. The quantitative estimate of drug-likeness (QED) is 0.367. The topological polar surface area (TPSA) is 12.0 Å². The van der Waals surface area contributed by atoms with Gasteiger partial charge in [0.2, 0.25) is 0 Å². The van der Waals surface area contributed by atoms with Gasteiger partial charge in [-0.05, 0) is 83.4 Å². The van der Waals surface area contributed by atoms with Crippen molar-refractivity contribution in [2.24, 2.45) is 5.41 Å². The monoisotopic (exact) mass is 449 g/mol. The van der Waals surface area contributed by atoms with Crippen LogP contribution in [0, 0.1) is 5.41 Å². The number of nitrogens with one attached hydrogen (secondary N) is 1. The van der Waals surface area contributed by atoms with E-state index in [1.54, 1.807) is 5.57 Å². The van der Waals surface area contributed by atoms with Gasteiger partial charge in [-0.2, -0.15) is 0 Å². The van der Waals surface area contributed by atoms with Gasteiger partial charge >= 0.3 is 0 Å². The Balaban J connectivity index is 0.00000133. The normalized spacial score (nSPS) is 17.8. The Morgan fingerprint density at radius 1 is 0.853 bits per heavy atom. The van der Waals surface area contributed by atoms with Crippen molar-refractivity contribution in [2.45, 2.75) is 59.3 Å². The van der Waals surface area contributed by atoms with Crippen molar-refractivity contribution < 1.29 is 0 Å². The molecule has 2 aliphatic carbocycles. The molecule has 2 aliphatic rings. The first-order chi connectivity index (χ1) is 16.6. The van der Waals surface area contributed by atoms with E-state index in [-0.39, 0.29) is 0 Å². The van der Waals surface area contributed by atoms with E-state index in [1.165, 1.54) is 52.6 Å². The summed E-state index contributed by atoms with van der Waals surface area (Å²) < 4.78 is 0.